The SMILES string of the molecule is CN=C(NCc1nncn1C)NC1CCN(c2cc(OC)cc(OC)c2)C1. The molecule has 9 heteroatoms. The van der Waals surface area contributed by atoms with Crippen molar-refractivity contribution in [2.75, 3.05) is 39.3 Å². The summed E-state index contributed by atoms with van der Waals surface area (Å²) in [6, 6.07) is 6.25. The number of nitrogens with zero attached hydrogens (tertiary/aromatic N) is 5. The molecule has 0 spiro atoms. The smallest absolute Gasteiger partial charge is 0.191 e. The lowest BCUT2D eigenvalue weighted by molar-refractivity contribution is 0.394. The van der Waals surface area contributed by atoms with E-state index in [1.807, 2.05) is 29.8 Å². The summed E-state index contributed by atoms with van der Waals surface area (Å²) in [4.78, 5) is 6.63. The molecule has 2 heterocycles. The molecule has 0 saturated carbocycles. The van der Waals surface area contributed by atoms with Crippen molar-refractivity contribution in [2.45, 2.75) is 19.0 Å². The zero-order valence-electron chi connectivity index (χ0n) is 16.3. The van der Waals surface area contributed by atoms with Crippen LogP contribution in [0.25, 0.3) is 0 Å². The van der Waals surface area contributed by atoms with Gasteiger partial charge in [-0.3, -0.25) is 4.99 Å². The first-order valence-electron chi connectivity index (χ1n) is 8.91. The lowest BCUT2D eigenvalue weighted by atomic mass is 10.2. The van der Waals surface area contributed by atoms with Gasteiger partial charge < -0.3 is 29.6 Å². The van der Waals surface area contributed by atoms with E-state index >= 15 is 0 Å². The third-order valence-corrected chi connectivity index (χ3v) is 4.67. The van der Waals surface area contributed by atoms with Crippen molar-refractivity contribution in [1.29, 1.82) is 0 Å². The quantitative estimate of drug-likeness (QED) is 0.571. The molecular formula is C18H27N7O2. The number of hydrogen-bond acceptors (Lipinski definition) is 6. The molecule has 1 unspecified atom stereocenters. The second kappa shape index (κ2) is 8.61. The summed E-state index contributed by atoms with van der Waals surface area (Å²) >= 11 is 0. The Kier molecular flexibility index (Phi) is 6.00. The number of aromatic nitrogens is 3. The van der Waals surface area contributed by atoms with Crippen molar-refractivity contribution < 1.29 is 9.47 Å². The minimum Gasteiger partial charge on any atom is -0.497 e. The van der Waals surface area contributed by atoms with E-state index in [2.05, 4.69) is 30.7 Å². The highest BCUT2D eigenvalue weighted by atomic mass is 16.5. The summed E-state index contributed by atoms with van der Waals surface area (Å²) in [6.45, 7) is 2.40. The average molecular weight is 373 g/mol. The maximum Gasteiger partial charge on any atom is 0.191 e. The summed E-state index contributed by atoms with van der Waals surface area (Å²) in [5.41, 5.74) is 1.09. The van der Waals surface area contributed by atoms with E-state index in [1.165, 1.54) is 0 Å². The number of rotatable bonds is 6. The molecule has 2 N–H and O–H groups in total. The minimum absolute atomic E-state index is 0.299. The van der Waals surface area contributed by atoms with E-state index in [1.54, 1.807) is 27.6 Å². The largest absolute Gasteiger partial charge is 0.497 e. The van der Waals surface area contributed by atoms with Crippen molar-refractivity contribution in [2.24, 2.45) is 12.0 Å². The summed E-state index contributed by atoms with van der Waals surface area (Å²) < 4.78 is 12.6. The number of hydrogen-bond donors (Lipinski definition) is 2. The molecule has 27 heavy (non-hydrogen) atoms. The molecule has 0 aliphatic carbocycles. The minimum atomic E-state index is 0.299. The fourth-order valence-electron chi connectivity index (χ4n) is 3.11. The van der Waals surface area contributed by atoms with Crippen molar-refractivity contribution in [3.63, 3.8) is 0 Å². The fourth-order valence-corrected chi connectivity index (χ4v) is 3.11. The Hall–Kier alpha value is -2.97. The summed E-state index contributed by atoms with van der Waals surface area (Å²) in [5, 5.41) is 14.7. The van der Waals surface area contributed by atoms with E-state index in [4.69, 9.17) is 9.47 Å². The van der Waals surface area contributed by atoms with Gasteiger partial charge in [-0.2, -0.15) is 0 Å². The molecular weight excluding hydrogens is 346 g/mol. The third kappa shape index (κ3) is 4.60. The number of methoxy groups -OCH3 is 2. The molecule has 1 fully saturated rings. The molecule has 0 amide bonds. The Labute approximate surface area is 159 Å². The summed E-state index contributed by atoms with van der Waals surface area (Å²) in [6.07, 6.45) is 2.70. The van der Waals surface area contributed by atoms with Gasteiger partial charge in [0.25, 0.3) is 0 Å². The number of nitrogens with one attached hydrogen (secondary N) is 2. The molecule has 2 aromatic rings. The zero-order valence-corrected chi connectivity index (χ0v) is 16.3. The van der Waals surface area contributed by atoms with Crippen molar-refractivity contribution in [3.05, 3.63) is 30.4 Å². The Morgan fingerprint density at radius 2 is 2.00 bits per heavy atom. The predicted octanol–water partition coefficient (Wildman–Crippen LogP) is 0.776. The topological polar surface area (TPSA) is 88.8 Å². The average Bonchev–Trinajstić information content (AvgIpc) is 3.33. The first kappa shape index (κ1) is 18.8. The molecule has 0 radical (unpaired) electrons. The fraction of sp³-hybridized carbons (Fsp3) is 0.500. The second-order valence-corrected chi connectivity index (χ2v) is 6.43. The maximum absolute atomic E-state index is 5.38. The molecule has 1 atom stereocenters. The molecule has 1 aromatic carbocycles. The van der Waals surface area contributed by atoms with Crippen LogP contribution in [0, 0.1) is 0 Å². The van der Waals surface area contributed by atoms with Gasteiger partial charge in [-0.1, -0.05) is 0 Å². The van der Waals surface area contributed by atoms with Gasteiger partial charge in [-0.05, 0) is 6.42 Å². The Morgan fingerprint density at radius 1 is 1.26 bits per heavy atom. The van der Waals surface area contributed by atoms with E-state index in [9.17, 15) is 0 Å². The summed E-state index contributed by atoms with van der Waals surface area (Å²) in [7, 11) is 7.02. The lowest BCUT2D eigenvalue weighted by Crippen LogP contribution is -2.44. The number of ether oxygens (including phenoxy) is 2. The van der Waals surface area contributed by atoms with E-state index in [0.717, 1.165) is 48.5 Å². The van der Waals surface area contributed by atoms with Crippen LogP contribution < -0.4 is 25.0 Å². The number of anilines is 1. The molecule has 1 aromatic heterocycles. The predicted molar refractivity (Wildman–Crippen MR) is 105 cm³/mol. The Balaban J connectivity index is 1.58. The second-order valence-electron chi connectivity index (χ2n) is 6.43. The van der Waals surface area contributed by atoms with Gasteiger partial charge >= 0.3 is 0 Å². The van der Waals surface area contributed by atoms with Gasteiger partial charge in [0.05, 0.1) is 20.8 Å². The monoisotopic (exact) mass is 373 g/mol. The van der Waals surface area contributed by atoms with Crippen LogP contribution in [-0.4, -0.2) is 61.1 Å². The van der Waals surface area contributed by atoms with Gasteiger partial charge in [0.1, 0.15) is 17.8 Å². The van der Waals surface area contributed by atoms with Crippen LogP contribution in [0.4, 0.5) is 5.69 Å². The highest BCUT2D eigenvalue weighted by Crippen LogP contribution is 2.30. The Morgan fingerprint density at radius 3 is 2.59 bits per heavy atom. The third-order valence-electron chi connectivity index (χ3n) is 4.67. The normalized spacial score (nSPS) is 17.1. The van der Waals surface area contributed by atoms with Gasteiger partial charge in [-0.15, -0.1) is 10.2 Å². The Bertz CT molecular complexity index is 768. The van der Waals surface area contributed by atoms with Crippen LogP contribution in [0.2, 0.25) is 0 Å². The van der Waals surface area contributed by atoms with Crippen molar-refractivity contribution in [1.82, 2.24) is 25.4 Å². The van der Waals surface area contributed by atoms with Gasteiger partial charge in [-0.25, -0.2) is 0 Å². The molecule has 146 valence electrons. The zero-order chi connectivity index (χ0) is 19.2. The number of aliphatic imine (C=N–C) groups is 1. The lowest BCUT2D eigenvalue weighted by Gasteiger charge is -2.21. The van der Waals surface area contributed by atoms with Crippen LogP contribution in [0.15, 0.2) is 29.5 Å². The van der Waals surface area contributed by atoms with Crippen LogP contribution in [0.3, 0.4) is 0 Å². The number of guanidine groups is 1. The first-order chi connectivity index (χ1) is 13.1. The van der Waals surface area contributed by atoms with E-state index < -0.39 is 0 Å². The summed E-state index contributed by atoms with van der Waals surface area (Å²) in [5.74, 6) is 3.20. The molecule has 0 bridgehead atoms. The van der Waals surface area contributed by atoms with Gasteiger partial charge in [0.15, 0.2) is 11.8 Å². The van der Waals surface area contributed by atoms with Gasteiger partial charge in [0.2, 0.25) is 0 Å². The molecule has 3 rings (SSSR count). The van der Waals surface area contributed by atoms with Gasteiger partial charge in [0, 0.05) is 57.1 Å². The molecule has 1 aliphatic rings. The van der Waals surface area contributed by atoms with Crippen molar-refractivity contribution in [3.8, 4) is 11.5 Å². The van der Waals surface area contributed by atoms with Crippen molar-refractivity contribution >= 4 is 11.6 Å². The molecule has 1 saturated heterocycles. The van der Waals surface area contributed by atoms with Crippen LogP contribution in [0.5, 0.6) is 11.5 Å². The van der Waals surface area contributed by atoms with Crippen LogP contribution >= 0.6 is 0 Å². The highest BCUT2D eigenvalue weighted by molar-refractivity contribution is 5.80. The molecule has 9 nitrogen and oxygen atoms in total. The first-order valence-corrected chi connectivity index (χ1v) is 8.91. The number of benzene rings is 1. The van der Waals surface area contributed by atoms with Crippen LogP contribution in [-0.2, 0) is 13.6 Å². The maximum atomic E-state index is 5.38. The van der Waals surface area contributed by atoms with E-state index in [0.29, 0.717) is 12.6 Å². The van der Waals surface area contributed by atoms with Crippen LogP contribution in [0.1, 0.15) is 12.2 Å². The molecule has 1 aliphatic heterocycles. The highest BCUT2D eigenvalue weighted by Gasteiger charge is 2.24. The van der Waals surface area contributed by atoms with E-state index in [-0.39, 0.29) is 0 Å². The number of aryl methyl sites for hydroxylation is 1. The standard InChI is InChI=1S/C18H27N7O2/c1-19-18(20-10-17-23-21-12-24(17)2)22-13-5-6-25(11-13)14-7-15(26-3)9-16(8-14)27-4/h7-9,12-13H,5-6,10-11H2,1-4H3,(H2,19,20,22).